The molecule has 1 aromatic rings. The van der Waals surface area contributed by atoms with Crippen LogP contribution in [0.1, 0.15) is 58.8 Å². The zero-order valence-electron chi connectivity index (χ0n) is 18.2. The van der Waals surface area contributed by atoms with Crippen molar-refractivity contribution in [1.82, 2.24) is 0 Å². The molecule has 0 saturated carbocycles. The van der Waals surface area contributed by atoms with Gasteiger partial charge in [-0.15, -0.1) is 0 Å². The molecule has 1 aromatic carbocycles. The molecule has 0 fully saturated rings. The number of esters is 2. The molecule has 30 heavy (non-hydrogen) atoms. The van der Waals surface area contributed by atoms with Crippen molar-refractivity contribution in [2.45, 2.75) is 58.8 Å². The first kappa shape index (κ1) is 26.7. The van der Waals surface area contributed by atoms with Crippen LogP contribution in [0.25, 0.3) is 0 Å². The summed E-state index contributed by atoms with van der Waals surface area (Å²) in [6.07, 6.45) is 5.26. The van der Waals surface area contributed by atoms with Crippen molar-refractivity contribution in [3.8, 4) is 5.75 Å². The van der Waals surface area contributed by atoms with Crippen molar-refractivity contribution in [3.05, 3.63) is 28.7 Å². The fraction of sp³-hybridized carbons (Fsp3) is 0.636. The predicted octanol–water partition coefficient (Wildman–Crippen LogP) is 6.21. The number of carbonyl (C=O) groups is 2. The SMILES string of the molecule is CCCCCOC(=O)C[C@H](CP(C)(=O)Oc1ccc(Br)cc1)C(=O)OCCCCC. The standard InChI is InChI=1S/C22H34BrO6P/c1-4-6-8-14-27-21(24)16-18(22(25)28-15-9-7-5-2)17-30(3,26)29-20-12-10-19(23)11-13-20/h10-13,18H,4-9,14-17H2,1-3H3/t18-,30?/m1/s1. The summed E-state index contributed by atoms with van der Waals surface area (Å²) >= 11 is 3.34. The van der Waals surface area contributed by atoms with Gasteiger partial charge in [-0.2, -0.15) is 0 Å². The minimum absolute atomic E-state index is 0.0836. The van der Waals surface area contributed by atoms with E-state index in [0.717, 1.165) is 43.0 Å². The Kier molecular flexibility index (Phi) is 13.0. The van der Waals surface area contributed by atoms with Gasteiger partial charge in [-0.25, -0.2) is 0 Å². The molecule has 0 radical (unpaired) electrons. The summed E-state index contributed by atoms with van der Waals surface area (Å²) in [6.45, 7) is 6.21. The van der Waals surface area contributed by atoms with Gasteiger partial charge in [-0.1, -0.05) is 55.5 Å². The van der Waals surface area contributed by atoms with E-state index in [1.807, 2.05) is 0 Å². The molecular formula is C22H34BrO6P. The maximum absolute atomic E-state index is 13.0. The monoisotopic (exact) mass is 504 g/mol. The van der Waals surface area contributed by atoms with E-state index in [9.17, 15) is 14.2 Å². The molecule has 170 valence electrons. The summed E-state index contributed by atoms with van der Waals surface area (Å²) < 4.78 is 30.1. The largest absolute Gasteiger partial charge is 0.466 e. The van der Waals surface area contributed by atoms with Gasteiger partial charge in [0.05, 0.1) is 25.6 Å². The number of benzene rings is 1. The number of carbonyl (C=O) groups excluding carboxylic acids is 2. The number of rotatable bonds is 15. The summed E-state index contributed by atoms with van der Waals surface area (Å²) in [5.74, 6) is -1.43. The lowest BCUT2D eigenvalue weighted by molar-refractivity contribution is -0.154. The Morgan fingerprint density at radius 1 is 0.967 bits per heavy atom. The van der Waals surface area contributed by atoms with Gasteiger partial charge in [0.1, 0.15) is 5.75 Å². The third-order valence-electron chi connectivity index (χ3n) is 4.41. The van der Waals surface area contributed by atoms with Crippen molar-refractivity contribution in [2.24, 2.45) is 5.92 Å². The molecule has 0 aliphatic carbocycles. The zero-order chi connectivity index (χ0) is 22.4. The molecule has 0 spiro atoms. The molecular weight excluding hydrogens is 471 g/mol. The number of ether oxygens (including phenoxy) is 2. The van der Waals surface area contributed by atoms with Crippen LogP contribution in [0.2, 0.25) is 0 Å². The minimum Gasteiger partial charge on any atom is -0.466 e. The Morgan fingerprint density at radius 3 is 2.10 bits per heavy atom. The average Bonchev–Trinajstić information content (AvgIpc) is 2.69. The Bertz CT molecular complexity index is 691. The Hall–Kier alpha value is -1.33. The molecule has 6 nitrogen and oxygen atoms in total. The third kappa shape index (κ3) is 11.8. The summed E-state index contributed by atoms with van der Waals surface area (Å²) in [4.78, 5) is 24.8. The first-order valence-corrected chi connectivity index (χ1v) is 13.7. The van der Waals surface area contributed by atoms with Gasteiger partial charge in [-0.3, -0.25) is 14.2 Å². The van der Waals surface area contributed by atoms with E-state index in [0.29, 0.717) is 12.4 Å². The van der Waals surface area contributed by atoms with Gasteiger partial charge in [0.15, 0.2) is 0 Å². The van der Waals surface area contributed by atoms with Crippen LogP contribution in [0.4, 0.5) is 0 Å². The van der Waals surface area contributed by atoms with Gasteiger partial charge >= 0.3 is 11.9 Å². The molecule has 0 aliphatic rings. The molecule has 0 aromatic heterocycles. The third-order valence-corrected chi connectivity index (χ3v) is 6.64. The number of unbranched alkanes of at least 4 members (excludes halogenated alkanes) is 4. The van der Waals surface area contributed by atoms with Crippen molar-refractivity contribution in [2.75, 3.05) is 26.0 Å². The summed E-state index contributed by atoms with van der Waals surface area (Å²) in [7, 11) is -3.20. The fourth-order valence-electron chi connectivity index (χ4n) is 2.82. The zero-order valence-corrected chi connectivity index (χ0v) is 20.7. The fourth-order valence-corrected chi connectivity index (χ4v) is 4.80. The second-order valence-electron chi connectivity index (χ2n) is 7.45. The summed E-state index contributed by atoms with van der Waals surface area (Å²) in [5, 5.41) is 0. The Balaban J connectivity index is 2.74. The second-order valence-corrected chi connectivity index (χ2v) is 10.9. The van der Waals surface area contributed by atoms with Crippen molar-refractivity contribution in [3.63, 3.8) is 0 Å². The van der Waals surface area contributed by atoms with Crippen LogP contribution >= 0.6 is 23.3 Å². The molecule has 1 rings (SSSR count). The first-order valence-electron chi connectivity index (χ1n) is 10.6. The first-order chi connectivity index (χ1) is 14.3. The molecule has 8 heteroatoms. The molecule has 0 saturated heterocycles. The molecule has 2 atom stereocenters. The summed E-state index contributed by atoms with van der Waals surface area (Å²) in [6, 6.07) is 6.95. The Labute approximate surface area is 188 Å². The maximum Gasteiger partial charge on any atom is 0.310 e. The van der Waals surface area contributed by atoms with Crippen LogP contribution in [0.3, 0.4) is 0 Å². The van der Waals surface area contributed by atoms with Crippen molar-refractivity contribution < 1.29 is 28.2 Å². The lowest BCUT2D eigenvalue weighted by Gasteiger charge is -2.21. The normalized spacial score (nSPS) is 13.9. The maximum atomic E-state index is 13.0. The van der Waals surface area contributed by atoms with Gasteiger partial charge in [-0.05, 0) is 37.1 Å². The van der Waals surface area contributed by atoms with E-state index in [-0.39, 0.29) is 19.2 Å². The van der Waals surface area contributed by atoms with Crippen LogP contribution in [0.15, 0.2) is 28.7 Å². The van der Waals surface area contributed by atoms with Gasteiger partial charge in [0.25, 0.3) is 0 Å². The lowest BCUT2D eigenvalue weighted by atomic mass is 10.1. The van der Waals surface area contributed by atoms with Crippen LogP contribution in [0.5, 0.6) is 5.75 Å². The summed E-state index contributed by atoms with van der Waals surface area (Å²) in [5.41, 5.74) is 0. The van der Waals surface area contributed by atoms with Gasteiger partial charge < -0.3 is 14.0 Å². The average molecular weight is 505 g/mol. The Morgan fingerprint density at radius 2 is 1.53 bits per heavy atom. The van der Waals surface area contributed by atoms with E-state index in [2.05, 4.69) is 29.8 Å². The van der Waals surface area contributed by atoms with Crippen LogP contribution in [0, 0.1) is 5.92 Å². The minimum atomic E-state index is -3.20. The van der Waals surface area contributed by atoms with Gasteiger partial charge in [0, 0.05) is 17.3 Å². The van der Waals surface area contributed by atoms with E-state index < -0.39 is 25.2 Å². The van der Waals surface area contributed by atoms with Crippen LogP contribution in [-0.2, 0) is 23.6 Å². The highest BCUT2D eigenvalue weighted by Gasteiger charge is 2.32. The van der Waals surface area contributed by atoms with Crippen molar-refractivity contribution in [1.29, 1.82) is 0 Å². The van der Waals surface area contributed by atoms with Crippen LogP contribution in [-0.4, -0.2) is 38.0 Å². The van der Waals surface area contributed by atoms with Crippen LogP contribution < -0.4 is 4.52 Å². The topological polar surface area (TPSA) is 78.9 Å². The highest BCUT2D eigenvalue weighted by atomic mass is 79.9. The van der Waals surface area contributed by atoms with E-state index in [4.69, 9.17) is 14.0 Å². The number of hydrogen-bond acceptors (Lipinski definition) is 6. The molecule has 1 unspecified atom stereocenters. The second kappa shape index (κ2) is 14.6. The highest BCUT2D eigenvalue weighted by Crippen LogP contribution is 2.45. The highest BCUT2D eigenvalue weighted by molar-refractivity contribution is 9.10. The van der Waals surface area contributed by atoms with E-state index >= 15 is 0 Å². The van der Waals surface area contributed by atoms with E-state index in [1.54, 1.807) is 24.3 Å². The van der Waals surface area contributed by atoms with Crippen molar-refractivity contribution >= 4 is 35.2 Å². The predicted molar refractivity (Wildman–Crippen MR) is 122 cm³/mol. The molecule has 0 heterocycles. The molecule has 0 amide bonds. The number of hydrogen-bond donors (Lipinski definition) is 0. The molecule has 0 N–H and O–H groups in total. The molecule has 0 aliphatic heterocycles. The molecule has 0 bridgehead atoms. The van der Waals surface area contributed by atoms with Gasteiger partial charge in [0.2, 0.25) is 7.37 Å². The quantitative estimate of drug-likeness (QED) is 0.160. The lowest BCUT2D eigenvalue weighted by Crippen LogP contribution is -2.26. The smallest absolute Gasteiger partial charge is 0.310 e. The number of halogens is 1. The van der Waals surface area contributed by atoms with E-state index in [1.165, 1.54) is 6.66 Å².